The summed E-state index contributed by atoms with van der Waals surface area (Å²) in [5.74, 6) is -0.780. The lowest BCUT2D eigenvalue weighted by atomic mass is 10.0. The van der Waals surface area contributed by atoms with Crippen molar-refractivity contribution in [2.45, 2.75) is 39.3 Å². The van der Waals surface area contributed by atoms with Gasteiger partial charge in [-0.1, -0.05) is 35.0 Å². The fraction of sp³-hybridized carbons (Fsp3) is 0.500. The monoisotopic (exact) mass is 313 g/mol. The van der Waals surface area contributed by atoms with Crippen LogP contribution in [0.15, 0.2) is 28.7 Å². The van der Waals surface area contributed by atoms with Crippen molar-refractivity contribution in [3.8, 4) is 0 Å². The Kier molecular flexibility index (Phi) is 5.82. The first-order valence-electron chi connectivity index (χ1n) is 6.18. The predicted molar refractivity (Wildman–Crippen MR) is 76.7 cm³/mol. The molecule has 18 heavy (non-hydrogen) atoms. The van der Waals surface area contributed by atoms with Gasteiger partial charge in [0.05, 0.1) is 6.54 Å². The summed E-state index contributed by atoms with van der Waals surface area (Å²) in [4.78, 5) is 13.0. The van der Waals surface area contributed by atoms with Crippen molar-refractivity contribution < 1.29 is 9.90 Å². The Bertz CT molecular complexity index is 409. The molecule has 3 nitrogen and oxygen atoms in total. The SMILES string of the molecule is CCC(C)N(CC(=O)O)C(C)c1cccc(Br)c1. The maximum Gasteiger partial charge on any atom is 0.317 e. The van der Waals surface area contributed by atoms with Gasteiger partial charge in [0, 0.05) is 16.6 Å². The number of carbonyl (C=O) groups is 1. The Hall–Kier alpha value is -0.870. The average Bonchev–Trinajstić information content (AvgIpc) is 2.34. The van der Waals surface area contributed by atoms with E-state index in [1.165, 1.54) is 0 Å². The van der Waals surface area contributed by atoms with Crippen LogP contribution in [-0.4, -0.2) is 28.6 Å². The summed E-state index contributed by atoms with van der Waals surface area (Å²) in [7, 11) is 0. The molecule has 0 amide bonds. The molecule has 0 fully saturated rings. The molecule has 0 saturated heterocycles. The Balaban J connectivity index is 2.94. The van der Waals surface area contributed by atoms with Crippen LogP contribution in [0.1, 0.15) is 38.8 Å². The van der Waals surface area contributed by atoms with Crippen LogP contribution in [0.2, 0.25) is 0 Å². The van der Waals surface area contributed by atoms with Crippen LogP contribution >= 0.6 is 15.9 Å². The zero-order valence-corrected chi connectivity index (χ0v) is 12.6. The van der Waals surface area contributed by atoms with Gasteiger partial charge in [0.1, 0.15) is 0 Å². The third-order valence-electron chi connectivity index (χ3n) is 3.30. The van der Waals surface area contributed by atoms with Crippen LogP contribution in [-0.2, 0) is 4.79 Å². The fourth-order valence-electron chi connectivity index (χ4n) is 2.02. The maximum atomic E-state index is 11.0. The van der Waals surface area contributed by atoms with E-state index in [1.807, 2.05) is 29.2 Å². The Morgan fingerprint density at radius 3 is 2.61 bits per heavy atom. The lowest BCUT2D eigenvalue weighted by Gasteiger charge is -2.33. The van der Waals surface area contributed by atoms with Gasteiger partial charge < -0.3 is 5.11 Å². The average molecular weight is 314 g/mol. The summed E-state index contributed by atoms with van der Waals surface area (Å²) in [5.41, 5.74) is 1.13. The molecule has 0 spiro atoms. The van der Waals surface area contributed by atoms with Gasteiger partial charge in [-0.2, -0.15) is 0 Å². The first-order chi connectivity index (χ1) is 8.45. The minimum absolute atomic E-state index is 0.0721. The molecule has 0 aliphatic carbocycles. The van der Waals surface area contributed by atoms with E-state index in [1.54, 1.807) is 0 Å². The van der Waals surface area contributed by atoms with E-state index in [9.17, 15) is 4.79 Å². The van der Waals surface area contributed by atoms with Crippen LogP contribution in [0.4, 0.5) is 0 Å². The second kappa shape index (κ2) is 6.90. The molecule has 0 saturated carbocycles. The molecular formula is C14H20BrNO2. The van der Waals surface area contributed by atoms with Gasteiger partial charge in [0.15, 0.2) is 0 Å². The number of benzene rings is 1. The molecule has 0 aromatic heterocycles. The number of hydrogen-bond acceptors (Lipinski definition) is 2. The highest BCUT2D eigenvalue weighted by Crippen LogP contribution is 2.25. The highest BCUT2D eigenvalue weighted by atomic mass is 79.9. The van der Waals surface area contributed by atoms with E-state index in [0.29, 0.717) is 0 Å². The number of carboxylic acids is 1. The summed E-state index contributed by atoms with van der Waals surface area (Å²) in [6.45, 7) is 6.27. The summed E-state index contributed by atoms with van der Waals surface area (Å²) in [5, 5.41) is 9.03. The normalized spacial score (nSPS) is 14.5. The number of hydrogen-bond donors (Lipinski definition) is 1. The van der Waals surface area contributed by atoms with E-state index in [-0.39, 0.29) is 18.6 Å². The summed E-state index contributed by atoms with van der Waals surface area (Å²) in [6, 6.07) is 8.37. The van der Waals surface area contributed by atoms with Gasteiger partial charge in [0.25, 0.3) is 0 Å². The van der Waals surface area contributed by atoms with Crippen LogP contribution in [0.25, 0.3) is 0 Å². The van der Waals surface area contributed by atoms with Crippen molar-refractivity contribution in [2.24, 2.45) is 0 Å². The van der Waals surface area contributed by atoms with Crippen molar-refractivity contribution in [3.63, 3.8) is 0 Å². The van der Waals surface area contributed by atoms with Gasteiger partial charge in [-0.3, -0.25) is 9.69 Å². The van der Waals surface area contributed by atoms with Crippen molar-refractivity contribution >= 4 is 21.9 Å². The lowest BCUT2D eigenvalue weighted by molar-refractivity contribution is -0.139. The van der Waals surface area contributed by atoms with E-state index < -0.39 is 5.97 Å². The molecule has 0 aliphatic heterocycles. The highest BCUT2D eigenvalue weighted by Gasteiger charge is 2.22. The quantitative estimate of drug-likeness (QED) is 0.870. The van der Waals surface area contributed by atoms with Crippen molar-refractivity contribution in [3.05, 3.63) is 34.3 Å². The standard InChI is InChI=1S/C14H20BrNO2/c1-4-10(2)16(9-14(17)18)11(3)12-6-5-7-13(15)8-12/h5-8,10-11H,4,9H2,1-3H3,(H,17,18). The predicted octanol–water partition coefficient (Wildman–Crippen LogP) is 3.70. The Morgan fingerprint density at radius 1 is 1.44 bits per heavy atom. The lowest BCUT2D eigenvalue weighted by Crippen LogP contribution is -2.39. The number of halogens is 1. The van der Waals surface area contributed by atoms with Gasteiger partial charge >= 0.3 is 5.97 Å². The molecule has 4 heteroatoms. The number of carboxylic acid groups (broad SMARTS) is 1. The topological polar surface area (TPSA) is 40.5 Å². The molecule has 2 atom stereocenters. The zero-order chi connectivity index (χ0) is 13.7. The second-order valence-corrected chi connectivity index (χ2v) is 5.47. The van der Waals surface area contributed by atoms with Gasteiger partial charge in [-0.15, -0.1) is 0 Å². The minimum Gasteiger partial charge on any atom is -0.480 e. The molecule has 1 aromatic rings. The smallest absolute Gasteiger partial charge is 0.317 e. The van der Waals surface area contributed by atoms with Crippen LogP contribution in [0, 0.1) is 0 Å². The molecule has 0 aliphatic rings. The molecule has 0 bridgehead atoms. The van der Waals surface area contributed by atoms with Crippen molar-refractivity contribution in [1.29, 1.82) is 0 Å². The Morgan fingerprint density at radius 2 is 2.11 bits per heavy atom. The van der Waals surface area contributed by atoms with E-state index in [4.69, 9.17) is 5.11 Å². The first-order valence-corrected chi connectivity index (χ1v) is 6.98. The maximum absolute atomic E-state index is 11.0. The molecule has 1 N–H and O–H groups in total. The third-order valence-corrected chi connectivity index (χ3v) is 3.80. The summed E-state index contributed by atoms with van der Waals surface area (Å²) < 4.78 is 1.02. The molecule has 0 radical (unpaired) electrons. The molecule has 1 rings (SSSR count). The van der Waals surface area contributed by atoms with Crippen molar-refractivity contribution in [1.82, 2.24) is 4.90 Å². The molecule has 100 valence electrons. The van der Waals surface area contributed by atoms with Crippen LogP contribution in [0.3, 0.4) is 0 Å². The molecular weight excluding hydrogens is 294 g/mol. The number of nitrogens with zero attached hydrogens (tertiary/aromatic N) is 1. The number of rotatable bonds is 6. The first kappa shape index (κ1) is 15.2. The van der Waals surface area contributed by atoms with E-state index >= 15 is 0 Å². The zero-order valence-electron chi connectivity index (χ0n) is 11.1. The molecule has 2 unspecified atom stereocenters. The summed E-state index contributed by atoms with van der Waals surface area (Å²) in [6.07, 6.45) is 0.936. The molecule has 0 heterocycles. The van der Waals surface area contributed by atoms with Crippen LogP contribution in [0.5, 0.6) is 0 Å². The van der Waals surface area contributed by atoms with Gasteiger partial charge in [0.2, 0.25) is 0 Å². The van der Waals surface area contributed by atoms with Crippen molar-refractivity contribution in [2.75, 3.05) is 6.54 Å². The van der Waals surface area contributed by atoms with Gasteiger partial charge in [-0.25, -0.2) is 0 Å². The summed E-state index contributed by atoms with van der Waals surface area (Å²) >= 11 is 3.45. The minimum atomic E-state index is -0.780. The fourth-order valence-corrected chi connectivity index (χ4v) is 2.44. The molecule has 1 aromatic carbocycles. The second-order valence-electron chi connectivity index (χ2n) is 4.55. The van der Waals surface area contributed by atoms with E-state index in [2.05, 4.69) is 36.7 Å². The third kappa shape index (κ3) is 4.10. The highest BCUT2D eigenvalue weighted by molar-refractivity contribution is 9.10. The number of aliphatic carboxylic acids is 1. The van der Waals surface area contributed by atoms with E-state index in [0.717, 1.165) is 16.5 Å². The largest absolute Gasteiger partial charge is 0.480 e. The van der Waals surface area contributed by atoms with Crippen LogP contribution < -0.4 is 0 Å². The van der Waals surface area contributed by atoms with Gasteiger partial charge in [-0.05, 0) is 38.0 Å². The Labute approximate surface area is 117 Å².